The lowest BCUT2D eigenvalue weighted by atomic mass is 9.97. The van der Waals surface area contributed by atoms with Crippen LogP contribution >= 0.6 is 0 Å². The number of nitrogens with one attached hydrogen (secondary N) is 1. The Morgan fingerprint density at radius 1 is 1.07 bits per heavy atom. The molecular formula is C22H28N2O5S. The molecule has 0 aliphatic carbocycles. The van der Waals surface area contributed by atoms with Crippen molar-refractivity contribution in [2.75, 3.05) is 27.3 Å². The molecule has 0 unspecified atom stereocenters. The molecule has 1 saturated heterocycles. The van der Waals surface area contributed by atoms with Crippen LogP contribution in [0.25, 0.3) is 0 Å². The molecule has 1 fully saturated rings. The van der Waals surface area contributed by atoms with Crippen LogP contribution in [0.4, 0.5) is 0 Å². The second-order valence-electron chi connectivity index (χ2n) is 7.38. The van der Waals surface area contributed by atoms with Crippen LogP contribution in [0.5, 0.6) is 11.5 Å². The van der Waals surface area contributed by atoms with Gasteiger partial charge < -0.3 is 14.8 Å². The zero-order chi connectivity index (χ0) is 21.7. The quantitative estimate of drug-likeness (QED) is 0.727. The van der Waals surface area contributed by atoms with E-state index in [4.69, 9.17) is 9.47 Å². The van der Waals surface area contributed by atoms with E-state index >= 15 is 0 Å². The van der Waals surface area contributed by atoms with Crippen LogP contribution in [-0.2, 0) is 21.4 Å². The predicted molar refractivity (Wildman–Crippen MR) is 114 cm³/mol. The van der Waals surface area contributed by atoms with Gasteiger partial charge in [-0.3, -0.25) is 4.79 Å². The van der Waals surface area contributed by atoms with Crippen LogP contribution in [0.15, 0.2) is 47.4 Å². The van der Waals surface area contributed by atoms with E-state index in [1.54, 1.807) is 32.4 Å². The lowest BCUT2D eigenvalue weighted by Crippen LogP contribution is -2.42. The smallest absolute Gasteiger partial charge is 0.243 e. The van der Waals surface area contributed by atoms with Gasteiger partial charge in [0, 0.05) is 25.6 Å². The molecule has 1 aliphatic rings. The van der Waals surface area contributed by atoms with E-state index in [1.165, 1.54) is 4.31 Å². The largest absolute Gasteiger partial charge is 0.497 e. The molecule has 1 aliphatic heterocycles. The van der Waals surface area contributed by atoms with Crippen molar-refractivity contribution in [1.29, 1.82) is 0 Å². The summed E-state index contributed by atoms with van der Waals surface area (Å²) in [5.74, 6) is 1.20. The summed E-state index contributed by atoms with van der Waals surface area (Å²) in [6.45, 7) is 2.91. The molecule has 1 amide bonds. The monoisotopic (exact) mass is 432 g/mol. The summed E-state index contributed by atoms with van der Waals surface area (Å²) in [5, 5.41) is 2.95. The molecule has 0 atom stereocenters. The Balaban J connectivity index is 1.55. The highest BCUT2D eigenvalue weighted by Gasteiger charge is 2.32. The van der Waals surface area contributed by atoms with Crippen LogP contribution in [0.1, 0.15) is 24.0 Å². The number of sulfonamides is 1. The van der Waals surface area contributed by atoms with E-state index in [9.17, 15) is 13.2 Å². The maximum absolute atomic E-state index is 13.0. The Kier molecular flexibility index (Phi) is 6.99. The Labute approximate surface area is 178 Å². The maximum atomic E-state index is 13.0. The van der Waals surface area contributed by atoms with Crippen LogP contribution in [0.3, 0.4) is 0 Å². The number of nitrogens with zero attached hydrogens (tertiary/aromatic N) is 1. The number of methoxy groups -OCH3 is 2. The topological polar surface area (TPSA) is 84.9 Å². The molecule has 3 rings (SSSR count). The summed E-state index contributed by atoms with van der Waals surface area (Å²) in [6, 6.07) is 12.4. The summed E-state index contributed by atoms with van der Waals surface area (Å²) in [5.41, 5.74) is 1.76. The number of ether oxygens (including phenoxy) is 2. The van der Waals surface area contributed by atoms with Gasteiger partial charge in [-0.05, 0) is 61.2 Å². The standard InChI is InChI=1S/C22H28N2O5S/c1-16-14-20(8-9-21(16)29-3)30(26,27)24-12-10-18(11-13-24)22(25)23-15-17-4-6-19(28-2)7-5-17/h4-9,14,18H,10-13,15H2,1-3H3,(H,23,25). The SMILES string of the molecule is COc1ccc(CNC(=O)C2CCN(S(=O)(=O)c3ccc(OC)c(C)c3)CC2)cc1. The van der Waals surface area contributed by atoms with Gasteiger partial charge in [0.15, 0.2) is 0 Å². The number of amides is 1. The fourth-order valence-corrected chi connectivity index (χ4v) is 5.15. The van der Waals surface area contributed by atoms with Crippen molar-refractivity contribution in [1.82, 2.24) is 9.62 Å². The molecule has 1 heterocycles. The fourth-order valence-electron chi connectivity index (χ4n) is 3.60. The molecule has 0 aromatic heterocycles. The molecule has 0 radical (unpaired) electrons. The van der Waals surface area contributed by atoms with Gasteiger partial charge in [0.1, 0.15) is 11.5 Å². The van der Waals surface area contributed by atoms with E-state index in [2.05, 4.69) is 5.32 Å². The molecule has 0 spiro atoms. The van der Waals surface area contributed by atoms with Crippen molar-refractivity contribution in [3.63, 3.8) is 0 Å². The third kappa shape index (κ3) is 4.94. The number of aryl methyl sites for hydroxylation is 1. The van der Waals surface area contributed by atoms with Crippen molar-refractivity contribution < 1.29 is 22.7 Å². The van der Waals surface area contributed by atoms with Gasteiger partial charge in [-0.15, -0.1) is 0 Å². The fraction of sp³-hybridized carbons (Fsp3) is 0.409. The average Bonchev–Trinajstić information content (AvgIpc) is 2.77. The van der Waals surface area contributed by atoms with Gasteiger partial charge in [-0.25, -0.2) is 8.42 Å². The Morgan fingerprint density at radius 3 is 2.30 bits per heavy atom. The molecule has 1 N–H and O–H groups in total. The van der Waals surface area contributed by atoms with Crippen LogP contribution < -0.4 is 14.8 Å². The first kappa shape index (κ1) is 22.1. The summed E-state index contributed by atoms with van der Waals surface area (Å²) < 4.78 is 37.7. The molecule has 0 bridgehead atoms. The Hall–Kier alpha value is -2.58. The van der Waals surface area contributed by atoms with E-state index < -0.39 is 10.0 Å². The number of hydrogen-bond acceptors (Lipinski definition) is 5. The lowest BCUT2D eigenvalue weighted by Gasteiger charge is -2.30. The Bertz CT molecular complexity index is 981. The van der Waals surface area contributed by atoms with E-state index in [0.717, 1.165) is 16.9 Å². The summed E-state index contributed by atoms with van der Waals surface area (Å²) in [6.07, 6.45) is 1.01. The molecule has 2 aromatic rings. The number of piperidine rings is 1. The van der Waals surface area contributed by atoms with Crippen molar-refractivity contribution in [2.24, 2.45) is 5.92 Å². The number of carbonyl (C=O) groups is 1. The number of hydrogen-bond donors (Lipinski definition) is 1. The number of carbonyl (C=O) groups excluding carboxylic acids is 1. The molecular weight excluding hydrogens is 404 g/mol. The third-order valence-electron chi connectivity index (χ3n) is 5.45. The molecule has 162 valence electrons. The second-order valence-corrected chi connectivity index (χ2v) is 9.31. The van der Waals surface area contributed by atoms with E-state index in [1.807, 2.05) is 31.2 Å². The second kappa shape index (κ2) is 9.49. The van der Waals surface area contributed by atoms with Gasteiger partial charge in [-0.2, -0.15) is 4.31 Å². The van der Waals surface area contributed by atoms with Gasteiger partial charge in [0.2, 0.25) is 15.9 Å². The molecule has 8 heteroatoms. The summed E-state index contributed by atoms with van der Waals surface area (Å²) in [7, 11) is -0.420. The van der Waals surface area contributed by atoms with Crippen molar-refractivity contribution in [3.05, 3.63) is 53.6 Å². The summed E-state index contributed by atoms with van der Waals surface area (Å²) >= 11 is 0. The lowest BCUT2D eigenvalue weighted by molar-refractivity contribution is -0.126. The molecule has 0 saturated carbocycles. The van der Waals surface area contributed by atoms with Crippen molar-refractivity contribution >= 4 is 15.9 Å². The first-order chi connectivity index (χ1) is 14.3. The highest BCUT2D eigenvalue weighted by atomic mass is 32.2. The molecule has 30 heavy (non-hydrogen) atoms. The highest BCUT2D eigenvalue weighted by Crippen LogP contribution is 2.27. The zero-order valence-corrected chi connectivity index (χ0v) is 18.4. The van der Waals surface area contributed by atoms with Crippen LogP contribution in [0.2, 0.25) is 0 Å². The van der Waals surface area contributed by atoms with Gasteiger partial charge in [0.05, 0.1) is 19.1 Å². The first-order valence-electron chi connectivity index (χ1n) is 9.90. The minimum atomic E-state index is -3.59. The normalized spacial score (nSPS) is 15.6. The van der Waals surface area contributed by atoms with Crippen LogP contribution in [-0.4, -0.2) is 45.9 Å². The van der Waals surface area contributed by atoms with Crippen LogP contribution in [0, 0.1) is 12.8 Å². The predicted octanol–water partition coefficient (Wildman–Crippen LogP) is 2.73. The average molecular weight is 433 g/mol. The minimum Gasteiger partial charge on any atom is -0.497 e. The Morgan fingerprint density at radius 2 is 1.73 bits per heavy atom. The van der Waals surface area contributed by atoms with Gasteiger partial charge in [0.25, 0.3) is 0 Å². The molecule has 7 nitrogen and oxygen atoms in total. The summed E-state index contributed by atoms with van der Waals surface area (Å²) in [4.78, 5) is 12.8. The van der Waals surface area contributed by atoms with Crippen molar-refractivity contribution in [3.8, 4) is 11.5 Å². The number of rotatable bonds is 7. The molecule has 2 aromatic carbocycles. The first-order valence-corrected chi connectivity index (χ1v) is 11.3. The van der Waals surface area contributed by atoms with Gasteiger partial charge in [-0.1, -0.05) is 12.1 Å². The van der Waals surface area contributed by atoms with Gasteiger partial charge >= 0.3 is 0 Å². The van der Waals surface area contributed by atoms with E-state index in [-0.39, 0.29) is 16.7 Å². The highest BCUT2D eigenvalue weighted by molar-refractivity contribution is 7.89. The number of benzene rings is 2. The van der Waals surface area contributed by atoms with Crippen molar-refractivity contribution in [2.45, 2.75) is 31.2 Å². The maximum Gasteiger partial charge on any atom is 0.243 e. The minimum absolute atomic E-state index is 0.0387. The van der Waals surface area contributed by atoms with E-state index in [0.29, 0.717) is 38.2 Å². The third-order valence-corrected chi connectivity index (χ3v) is 7.35. The zero-order valence-electron chi connectivity index (χ0n) is 17.6.